The Hall–Kier alpha value is -1.99. The smallest absolute Gasteiger partial charge is 0.408 e. The molecule has 0 saturated carbocycles. The lowest BCUT2D eigenvalue weighted by molar-refractivity contribution is -0.130. The topological polar surface area (TPSA) is 78.9 Å². The number of benzene rings is 1. The van der Waals surface area contributed by atoms with E-state index in [1.54, 1.807) is 11.1 Å². The summed E-state index contributed by atoms with van der Waals surface area (Å²) >= 11 is 1.52. The number of rotatable bonds is 8. The highest BCUT2D eigenvalue weighted by Crippen LogP contribution is 2.17. The monoisotopic (exact) mass is 350 g/mol. The fourth-order valence-electron chi connectivity index (χ4n) is 2.24. The third kappa shape index (κ3) is 5.90. The van der Waals surface area contributed by atoms with Crippen LogP contribution in [0, 0.1) is 0 Å². The fraction of sp³-hybridized carbons (Fsp3) is 0.412. The summed E-state index contributed by atoms with van der Waals surface area (Å²) in [7, 11) is 0. The minimum absolute atomic E-state index is 0.0683. The van der Waals surface area contributed by atoms with Crippen LogP contribution in [0.2, 0.25) is 0 Å². The van der Waals surface area contributed by atoms with E-state index in [1.165, 1.54) is 11.8 Å². The van der Waals surface area contributed by atoms with Crippen molar-refractivity contribution >= 4 is 23.8 Å². The molecule has 2 rings (SSSR count). The number of alkyl carbamates (subject to hydrolysis) is 1. The van der Waals surface area contributed by atoms with Crippen molar-refractivity contribution in [2.45, 2.75) is 31.9 Å². The standard InChI is InChI=1S/C17H22N2O4S/c20-10-5-4-8-15(16(21)19-9-11-24-13-19)18-17(22)23-12-14-6-2-1-3-7-14/h1-3,6-7,9,11,15,20H,4-5,8,10,12-13H2,(H,18,22). The van der Waals surface area contributed by atoms with Crippen LogP contribution in [-0.2, 0) is 16.1 Å². The SMILES string of the molecule is O=C(NC(CCCCO)C(=O)N1C=CSC1)OCc1ccccc1. The average Bonchev–Trinajstić information content (AvgIpc) is 3.14. The Bertz CT molecular complexity index is 565. The highest BCUT2D eigenvalue weighted by molar-refractivity contribution is 8.02. The lowest BCUT2D eigenvalue weighted by Crippen LogP contribution is -2.46. The van der Waals surface area contributed by atoms with Crippen LogP contribution in [0.25, 0.3) is 0 Å². The van der Waals surface area contributed by atoms with E-state index >= 15 is 0 Å². The fourth-order valence-corrected chi connectivity index (χ4v) is 2.94. The summed E-state index contributed by atoms with van der Waals surface area (Å²) in [4.78, 5) is 26.1. The normalized spacial score (nSPS) is 14.5. The molecule has 0 aromatic heterocycles. The van der Waals surface area contributed by atoms with Crippen molar-refractivity contribution in [1.82, 2.24) is 10.2 Å². The average molecular weight is 350 g/mol. The van der Waals surface area contributed by atoms with E-state index in [2.05, 4.69) is 5.32 Å². The molecule has 0 fully saturated rings. The number of aliphatic hydroxyl groups is 1. The molecule has 1 aliphatic heterocycles. The first-order valence-electron chi connectivity index (χ1n) is 7.87. The van der Waals surface area contributed by atoms with Gasteiger partial charge in [0.25, 0.3) is 0 Å². The summed E-state index contributed by atoms with van der Waals surface area (Å²) in [5, 5.41) is 13.4. The van der Waals surface area contributed by atoms with Gasteiger partial charge in [0, 0.05) is 12.8 Å². The molecule has 2 N–H and O–H groups in total. The maximum absolute atomic E-state index is 12.5. The van der Waals surface area contributed by atoms with Crippen molar-refractivity contribution in [2.75, 3.05) is 12.5 Å². The van der Waals surface area contributed by atoms with Crippen LogP contribution in [-0.4, -0.2) is 40.5 Å². The largest absolute Gasteiger partial charge is 0.445 e. The van der Waals surface area contributed by atoms with Crippen LogP contribution in [0.15, 0.2) is 41.9 Å². The number of amides is 2. The van der Waals surface area contributed by atoms with E-state index in [1.807, 2.05) is 35.7 Å². The van der Waals surface area contributed by atoms with Crippen molar-refractivity contribution < 1.29 is 19.4 Å². The van der Waals surface area contributed by atoms with E-state index in [4.69, 9.17) is 9.84 Å². The van der Waals surface area contributed by atoms with E-state index in [-0.39, 0.29) is 19.1 Å². The van der Waals surface area contributed by atoms with Crippen molar-refractivity contribution in [1.29, 1.82) is 0 Å². The summed E-state index contributed by atoms with van der Waals surface area (Å²) in [5.41, 5.74) is 0.884. The minimum atomic E-state index is -0.650. The van der Waals surface area contributed by atoms with E-state index in [0.717, 1.165) is 5.56 Å². The number of thioether (sulfide) groups is 1. The van der Waals surface area contributed by atoms with Crippen molar-refractivity contribution in [3.05, 3.63) is 47.5 Å². The van der Waals surface area contributed by atoms with Gasteiger partial charge in [0.1, 0.15) is 12.6 Å². The number of nitrogens with zero attached hydrogens (tertiary/aromatic N) is 1. The van der Waals surface area contributed by atoms with Crippen molar-refractivity contribution in [3.63, 3.8) is 0 Å². The summed E-state index contributed by atoms with van der Waals surface area (Å²) in [6.07, 6.45) is 2.81. The molecule has 0 bridgehead atoms. The first-order valence-corrected chi connectivity index (χ1v) is 8.92. The molecule has 1 aromatic rings. The zero-order chi connectivity index (χ0) is 17.2. The molecule has 0 aliphatic carbocycles. The molecule has 0 spiro atoms. The van der Waals surface area contributed by atoms with Gasteiger partial charge in [-0.15, -0.1) is 11.8 Å². The number of unbranched alkanes of at least 4 members (excludes halogenated alkanes) is 1. The molecule has 1 heterocycles. The predicted molar refractivity (Wildman–Crippen MR) is 92.9 cm³/mol. The Morgan fingerprint density at radius 1 is 1.29 bits per heavy atom. The highest BCUT2D eigenvalue weighted by Gasteiger charge is 2.26. The lowest BCUT2D eigenvalue weighted by atomic mass is 10.1. The highest BCUT2D eigenvalue weighted by atomic mass is 32.2. The Morgan fingerprint density at radius 2 is 2.08 bits per heavy atom. The van der Waals surface area contributed by atoms with Crippen LogP contribution in [0.5, 0.6) is 0 Å². The van der Waals surface area contributed by atoms with Crippen molar-refractivity contribution in [3.8, 4) is 0 Å². The predicted octanol–water partition coefficient (Wildman–Crippen LogP) is 2.45. The zero-order valence-electron chi connectivity index (χ0n) is 13.4. The molecule has 0 radical (unpaired) electrons. The van der Waals surface area contributed by atoms with Gasteiger partial charge in [-0.05, 0) is 30.2 Å². The number of hydrogen-bond donors (Lipinski definition) is 2. The molecule has 1 aliphatic rings. The number of hydrogen-bond acceptors (Lipinski definition) is 5. The van der Waals surface area contributed by atoms with Crippen molar-refractivity contribution in [2.24, 2.45) is 0 Å². The van der Waals surface area contributed by atoms with Gasteiger partial charge in [0.05, 0.1) is 5.88 Å². The van der Waals surface area contributed by atoms with Gasteiger partial charge in [-0.3, -0.25) is 4.79 Å². The summed E-state index contributed by atoms with van der Waals surface area (Å²) in [5.74, 6) is 0.390. The number of aliphatic hydroxyl groups excluding tert-OH is 1. The number of ether oxygens (including phenoxy) is 1. The maximum atomic E-state index is 12.5. The Kier molecular flexibility index (Phi) is 7.64. The van der Waals surface area contributed by atoms with Gasteiger partial charge >= 0.3 is 6.09 Å². The molecule has 1 atom stereocenters. The van der Waals surface area contributed by atoms with Crippen LogP contribution in [0.3, 0.4) is 0 Å². The first kappa shape index (κ1) is 18.4. The third-order valence-corrected chi connectivity index (χ3v) is 4.28. The van der Waals surface area contributed by atoms with Crippen LogP contribution in [0.1, 0.15) is 24.8 Å². The molecule has 0 saturated heterocycles. The second kappa shape index (κ2) is 10.00. The molecule has 7 heteroatoms. The van der Waals surface area contributed by atoms with Crippen LogP contribution >= 0.6 is 11.8 Å². The summed E-state index contributed by atoms with van der Waals surface area (Å²) in [6.45, 7) is 0.225. The molecular formula is C17H22N2O4S. The van der Waals surface area contributed by atoms with Gasteiger partial charge < -0.3 is 20.1 Å². The maximum Gasteiger partial charge on any atom is 0.408 e. The molecule has 2 amide bonds. The van der Waals surface area contributed by atoms with Gasteiger partial charge in [0.2, 0.25) is 5.91 Å². The second-order valence-electron chi connectivity index (χ2n) is 5.37. The Morgan fingerprint density at radius 3 is 2.75 bits per heavy atom. The molecule has 24 heavy (non-hydrogen) atoms. The van der Waals surface area contributed by atoms with Crippen LogP contribution in [0.4, 0.5) is 4.79 Å². The summed E-state index contributed by atoms with van der Waals surface area (Å²) < 4.78 is 5.18. The first-order chi connectivity index (χ1) is 11.7. The van der Waals surface area contributed by atoms with Gasteiger partial charge in [0.15, 0.2) is 0 Å². The molecule has 1 unspecified atom stereocenters. The number of carbonyl (C=O) groups excluding carboxylic acids is 2. The van der Waals surface area contributed by atoms with Gasteiger partial charge in [-0.25, -0.2) is 4.79 Å². The van der Waals surface area contributed by atoms with Gasteiger partial charge in [-0.1, -0.05) is 30.3 Å². The van der Waals surface area contributed by atoms with Gasteiger partial charge in [-0.2, -0.15) is 0 Å². The van der Waals surface area contributed by atoms with E-state index < -0.39 is 12.1 Å². The Labute approximate surface area is 145 Å². The second-order valence-corrected chi connectivity index (χ2v) is 6.23. The molecule has 1 aromatic carbocycles. The zero-order valence-corrected chi connectivity index (χ0v) is 14.2. The number of carbonyl (C=O) groups is 2. The number of nitrogens with one attached hydrogen (secondary N) is 1. The quantitative estimate of drug-likeness (QED) is 0.704. The molecular weight excluding hydrogens is 328 g/mol. The minimum Gasteiger partial charge on any atom is -0.445 e. The Balaban J connectivity index is 1.87. The van der Waals surface area contributed by atoms with Crippen LogP contribution < -0.4 is 5.32 Å². The summed E-state index contributed by atoms with van der Waals surface area (Å²) in [6, 6.07) is 8.71. The molecule has 130 valence electrons. The van der Waals surface area contributed by atoms with E-state index in [9.17, 15) is 9.59 Å². The third-order valence-electron chi connectivity index (χ3n) is 3.54. The molecule has 6 nitrogen and oxygen atoms in total. The van der Waals surface area contributed by atoms with E-state index in [0.29, 0.717) is 25.1 Å². The lowest BCUT2D eigenvalue weighted by Gasteiger charge is -2.22.